The van der Waals surface area contributed by atoms with Gasteiger partial charge in [-0.1, -0.05) is 30.8 Å². The van der Waals surface area contributed by atoms with E-state index in [1.165, 1.54) is 12.1 Å². The van der Waals surface area contributed by atoms with E-state index < -0.39 is 0 Å². The average molecular weight is 335 g/mol. The molecule has 3 rings (SSSR count). The lowest BCUT2D eigenvalue weighted by molar-refractivity contribution is -0.132. The zero-order valence-corrected chi connectivity index (χ0v) is 14.2. The molecule has 1 saturated heterocycles. The molecule has 2 heterocycles. The lowest BCUT2D eigenvalue weighted by Crippen LogP contribution is -2.49. The first-order valence-corrected chi connectivity index (χ1v) is 8.98. The SMILES string of the molecule is C[C@@H]1CN=C(N2CCN(C(=O)CCc3cccc(F)c3)CC2)S1. The molecular weight excluding hydrogens is 313 g/mol. The van der Waals surface area contributed by atoms with Crippen LogP contribution >= 0.6 is 11.8 Å². The Bertz CT molecular complexity index is 599. The Morgan fingerprint density at radius 1 is 1.35 bits per heavy atom. The third-order valence-corrected chi connectivity index (χ3v) is 5.36. The lowest BCUT2D eigenvalue weighted by Gasteiger charge is -2.35. The molecule has 0 saturated carbocycles. The minimum absolute atomic E-state index is 0.156. The highest BCUT2D eigenvalue weighted by molar-refractivity contribution is 8.14. The number of carbonyl (C=O) groups is 1. The Morgan fingerprint density at radius 3 is 2.78 bits per heavy atom. The second-order valence-electron chi connectivity index (χ2n) is 6.05. The Labute approximate surface area is 140 Å². The molecule has 2 aliphatic rings. The molecule has 0 bridgehead atoms. The number of benzene rings is 1. The summed E-state index contributed by atoms with van der Waals surface area (Å²) in [6.07, 6.45) is 1.03. The molecule has 0 spiro atoms. The first-order chi connectivity index (χ1) is 11.1. The van der Waals surface area contributed by atoms with E-state index in [1.807, 2.05) is 22.7 Å². The molecule has 0 aliphatic carbocycles. The number of hydrogen-bond donors (Lipinski definition) is 0. The molecule has 0 unspecified atom stereocenters. The fourth-order valence-electron chi connectivity index (χ4n) is 2.88. The van der Waals surface area contributed by atoms with Gasteiger partial charge in [0, 0.05) is 37.8 Å². The molecule has 1 atom stereocenters. The molecule has 1 aromatic carbocycles. The molecule has 1 amide bonds. The predicted molar refractivity (Wildman–Crippen MR) is 92.2 cm³/mol. The average Bonchev–Trinajstić information content (AvgIpc) is 2.99. The number of aryl methyl sites for hydroxylation is 1. The number of rotatable bonds is 3. The Balaban J connectivity index is 1.45. The highest BCUT2D eigenvalue weighted by Crippen LogP contribution is 2.23. The zero-order valence-electron chi connectivity index (χ0n) is 13.4. The van der Waals surface area contributed by atoms with Gasteiger partial charge in [0.25, 0.3) is 0 Å². The Kier molecular flexibility index (Phi) is 5.20. The highest BCUT2D eigenvalue weighted by Gasteiger charge is 2.26. The number of piperazine rings is 1. The molecule has 1 aromatic rings. The van der Waals surface area contributed by atoms with E-state index in [2.05, 4.69) is 16.8 Å². The van der Waals surface area contributed by atoms with Crippen LogP contribution < -0.4 is 0 Å². The van der Waals surface area contributed by atoms with Crippen molar-refractivity contribution in [2.75, 3.05) is 32.7 Å². The van der Waals surface area contributed by atoms with Gasteiger partial charge >= 0.3 is 0 Å². The fourth-order valence-corrected chi connectivity index (χ4v) is 3.87. The summed E-state index contributed by atoms with van der Waals surface area (Å²) in [6.45, 7) is 6.28. The Morgan fingerprint density at radius 2 is 2.13 bits per heavy atom. The van der Waals surface area contributed by atoms with Crippen LogP contribution in [0.1, 0.15) is 18.9 Å². The summed E-state index contributed by atoms with van der Waals surface area (Å²) < 4.78 is 13.2. The summed E-state index contributed by atoms with van der Waals surface area (Å²) in [7, 11) is 0. The van der Waals surface area contributed by atoms with Crippen molar-refractivity contribution in [3.63, 3.8) is 0 Å². The van der Waals surface area contributed by atoms with Crippen molar-refractivity contribution in [3.05, 3.63) is 35.6 Å². The van der Waals surface area contributed by atoms with Crippen molar-refractivity contribution >= 4 is 22.8 Å². The molecule has 0 aromatic heterocycles. The number of aliphatic imine (C=N–C) groups is 1. The number of hydrogen-bond acceptors (Lipinski definition) is 4. The van der Waals surface area contributed by atoms with Crippen LogP contribution in [0.25, 0.3) is 0 Å². The lowest BCUT2D eigenvalue weighted by atomic mass is 10.1. The van der Waals surface area contributed by atoms with Gasteiger partial charge in [-0.2, -0.15) is 0 Å². The summed E-state index contributed by atoms with van der Waals surface area (Å²) in [5.41, 5.74) is 0.877. The first kappa shape index (κ1) is 16.3. The summed E-state index contributed by atoms with van der Waals surface area (Å²) in [5, 5.41) is 1.69. The summed E-state index contributed by atoms with van der Waals surface area (Å²) in [4.78, 5) is 21.1. The van der Waals surface area contributed by atoms with Crippen LogP contribution in [-0.4, -0.2) is 58.8 Å². The van der Waals surface area contributed by atoms with Crippen LogP contribution in [0.2, 0.25) is 0 Å². The van der Waals surface area contributed by atoms with Gasteiger partial charge in [0.2, 0.25) is 5.91 Å². The summed E-state index contributed by atoms with van der Waals surface area (Å²) >= 11 is 1.83. The molecule has 0 radical (unpaired) electrons. The van der Waals surface area contributed by atoms with Gasteiger partial charge < -0.3 is 9.80 Å². The van der Waals surface area contributed by atoms with Crippen molar-refractivity contribution < 1.29 is 9.18 Å². The van der Waals surface area contributed by atoms with Crippen molar-refractivity contribution in [2.45, 2.75) is 25.0 Å². The first-order valence-electron chi connectivity index (χ1n) is 8.10. The van der Waals surface area contributed by atoms with Crippen LogP contribution in [0.5, 0.6) is 0 Å². The van der Waals surface area contributed by atoms with Gasteiger partial charge in [-0.3, -0.25) is 9.79 Å². The van der Waals surface area contributed by atoms with E-state index >= 15 is 0 Å². The molecule has 6 heteroatoms. The monoisotopic (exact) mass is 335 g/mol. The van der Waals surface area contributed by atoms with E-state index in [0.717, 1.165) is 43.5 Å². The standard InChI is InChI=1S/C17H22FN3OS/c1-13-12-19-17(23-13)21-9-7-20(8-10-21)16(22)6-5-14-3-2-4-15(18)11-14/h2-4,11,13H,5-10,12H2,1H3/t13-/m1/s1. The van der Waals surface area contributed by atoms with Gasteiger partial charge in [0.05, 0.1) is 6.54 Å². The third kappa shape index (κ3) is 4.25. The van der Waals surface area contributed by atoms with Crippen molar-refractivity contribution in [3.8, 4) is 0 Å². The van der Waals surface area contributed by atoms with Crippen LogP contribution in [-0.2, 0) is 11.2 Å². The Hall–Kier alpha value is -1.56. The predicted octanol–water partition coefficient (Wildman–Crippen LogP) is 2.39. The third-order valence-electron chi connectivity index (χ3n) is 4.21. The van der Waals surface area contributed by atoms with Gasteiger partial charge in [-0.25, -0.2) is 4.39 Å². The number of amides is 1. The van der Waals surface area contributed by atoms with E-state index in [9.17, 15) is 9.18 Å². The number of carbonyl (C=O) groups excluding carboxylic acids is 1. The van der Waals surface area contributed by atoms with E-state index in [4.69, 9.17) is 0 Å². The van der Waals surface area contributed by atoms with Gasteiger partial charge in [-0.15, -0.1) is 0 Å². The minimum atomic E-state index is -0.243. The normalized spacial score (nSPS) is 21.5. The molecule has 23 heavy (non-hydrogen) atoms. The summed E-state index contributed by atoms with van der Waals surface area (Å²) in [6, 6.07) is 6.48. The molecule has 0 N–H and O–H groups in total. The van der Waals surface area contributed by atoms with Crippen LogP contribution in [0.3, 0.4) is 0 Å². The largest absolute Gasteiger partial charge is 0.348 e. The topological polar surface area (TPSA) is 35.9 Å². The van der Waals surface area contributed by atoms with Crippen molar-refractivity contribution in [1.82, 2.24) is 9.80 Å². The van der Waals surface area contributed by atoms with Gasteiger partial charge in [0.1, 0.15) is 5.82 Å². The minimum Gasteiger partial charge on any atom is -0.348 e. The number of amidine groups is 1. The molecule has 124 valence electrons. The maximum absolute atomic E-state index is 13.2. The van der Waals surface area contributed by atoms with E-state index in [-0.39, 0.29) is 11.7 Å². The van der Waals surface area contributed by atoms with Gasteiger partial charge in [0.15, 0.2) is 5.17 Å². The van der Waals surface area contributed by atoms with Gasteiger partial charge in [-0.05, 0) is 24.1 Å². The van der Waals surface area contributed by atoms with Crippen molar-refractivity contribution in [2.24, 2.45) is 4.99 Å². The quantitative estimate of drug-likeness (QED) is 0.851. The van der Waals surface area contributed by atoms with E-state index in [1.54, 1.807) is 6.07 Å². The maximum Gasteiger partial charge on any atom is 0.223 e. The molecule has 4 nitrogen and oxygen atoms in total. The smallest absolute Gasteiger partial charge is 0.223 e. The highest BCUT2D eigenvalue weighted by atomic mass is 32.2. The molecule has 1 fully saturated rings. The second kappa shape index (κ2) is 7.34. The number of thioether (sulfide) groups is 1. The maximum atomic E-state index is 13.2. The van der Waals surface area contributed by atoms with Crippen LogP contribution in [0.15, 0.2) is 29.3 Å². The van der Waals surface area contributed by atoms with Crippen LogP contribution in [0.4, 0.5) is 4.39 Å². The zero-order chi connectivity index (χ0) is 16.2. The van der Waals surface area contributed by atoms with Crippen molar-refractivity contribution in [1.29, 1.82) is 0 Å². The van der Waals surface area contributed by atoms with Crippen LogP contribution in [0, 0.1) is 5.82 Å². The number of nitrogens with zero attached hydrogens (tertiary/aromatic N) is 3. The fraction of sp³-hybridized carbons (Fsp3) is 0.529. The second-order valence-corrected chi connectivity index (χ2v) is 7.46. The molecular formula is C17H22FN3OS. The van der Waals surface area contributed by atoms with E-state index in [0.29, 0.717) is 18.1 Å². The summed E-state index contributed by atoms with van der Waals surface area (Å²) in [5.74, 6) is -0.0871. The molecule has 2 aliphatic heterocycles. The number of halogens is 1.